The Hall–Kier alpha value is -2.06. The van der Waals surface area contributed by atoms with E-state index in [0.29, 0.717) is 16.5 Å². The second-order valence-electron chi connectivity index (χ2n) is 4.92. The number of aromatic nitrogens is 1. The van der Waals surface area contributed by atoms with Gasteiger partial charge < -0.3 is 4.74 Å². The van der Waals surface area contributed by atoms with Gasteiger partial charge in [0.25, 0.3) is 0 Å². The number of hydrogen-bond acceptors (Lipinski definition) is 5. The number of methoxy groups -OCH3 is 1. The number of nitrogens with zero attached hydrogens (tertiary/aromatic N) is 2. The lowest BCUT2D eigenvalue weighted by molar-refractivity contribution is -0.137. The quantitative estimate of drug-likeness (QED) is 0.639. The number of carbonyl (C=O) groups is 1. The van der Waals surface area contributed by atoms with Crippen LogP contribution in [-0.4, -0.2) is 23.8 Å². The molecule has 1 aromatic carbocycles. The molecule has 0 radical (unpaired) electrons. The molecular weight excluding hydrogens is 284 g/mol. The summed E-state index contributed by atoms with van der Waals surface area (Å²) in [7, 11) is 1.34. The van der Waals surface area contributed by atoms with E-state index >= 15 is 0 Å². The van der Waals surface area contributed by atoms with E-state index in [9.17, 15) is 10.1 Å². The molecule has 0 fully saturated rings. The molecule has 0 amide bonds. The van der Waals surface area contributed by atoms with E-state index in [1.54, 1.807) is 0 Å². The Balaban J connectivity index is 2.41. The Kier molecular flexibility index (Phi) is 4.81. The van der Waals surface area contributed by atoms with E-state index in [1.807, 2.05) is 18.2 Å². The highest BCUT2D eigenvalue weighted by Gasteiger charge is 2.11. The van der Waals surface area contributed by atoms with Crippen molar-refractivity contribution in [2.24, 2.45) is 0 Å². The number of thioether (sulfide) groups is 1. The summed E-state index contributed by atoms with van der Waals surface area (Å²) >= 11 is 1.22. The largest absolute Gasteiger partial charge is 0.468 e. The van der Waals surface area contributed by atoms with Crippen LogP contribution < -0.4 is 0 Å². The van der Waals surface area contributed by atoms with Crippen LogP contribution in [0.4, 0.5) is 0 Å². The third kappa shape index (κ3) is 3.53. The van der Waals surface area contributed by atoms with Crippen LogP contribution in [0.3, 0.4) is 0 Å². The average Bonchev–Trinajstić information content (AvgIpc) is 2.50. The minimum atomic E-state index is -0.332. The van der Waals surface area contributed by atoms with Crippen LogP contribution in [0.1, 0.15) is 30.9 Å². The summed E-state index contributed by atoms with van der Waals surface area (Å²) in [6, 6.07) is 10.0. The maximum Gasteiger partial charge on any atom is 0.316 e. The first-order chi connectivity index (χ1) is 10.0. The minimum absolute atomic E-state index is 0.147. The minimum Gasteiger partial charge on any atom is -0.468 e. The van der Waals surface area contributed by atoms with Gasteiger partial charge in [0, 0.05) is 5.39 Å². The Bertz CT molecular complexity index is 720. The van der Waals surface area contributed by atoms with Crippen molar-refractivity contribution in [2.75, 3.05) is 12.9 Å². The first-order valence-corrected chi connectivity index (χ1v) is 7.58. The molecular formula is C16H16N2O2S. The molecule has 0 atom stereocenters. The monoisotopic (exact) mass is 300 g/mol. The number of fused-ring (bicyclic) bond motifs is 1. The van der Waals surface area contributed by atoms with Crippen molar-refractivity contribution in [2.45, 2.75) is 24.8 Å². The van der Waals surface area contributed by atoms with Gasteiger partial charge in [0.05, 0.1) is 23.9 Å². The van der Waals surface area contributed by atoms with Crippen LogP contribution in [0.15, 0.2) is 29.3 Å². The summed E-state index contributed by atoms with van der Waals surface area (Å²) in [5.41, 5.74) is 2.52. The summed E-state index contributed by atoms with van der Waals surface area (Å²) in [5.74, 6) is 0.238. The third-order valence-electron chi connectivity index (χ3n) is 3.15. The molecule has 0 saturated carbocycles. The van der Waals surface area contributed by atoms with Gasteiger partial charge in [-0.15, -0.1) is 0 Å². The number of pyridine rings is 1. The molecule has 2 aromatic rings. The highest BCUT2D eigenvalue weighted by Crippen LogP contribution is 2.27. The number of nitriles is 1. The molecule has 1 aromatic heterocycles. The second kappa shape index (κ2) is 6.59. The Morgan fingerprint density at radius 1 is 1.43 bits per heavy atom. The van der Waals surface area contributed by atoms with Gasteiger partial charge in [0.1, 0.15) is 11.1 Å². The number of rotatable bonds is 4. The van der Waals surface area contributed by atoms with E-state index in [4.69, 9.17) is 0 Å². The molecule has 0 unspecified atom stereocenters. The zero-order valence-corrected chi connectivity index (χ0v) is 13.0. The van der Waals surface area contributed by atoms with Gasteiger partial charge >= 0.3 is 5.97 Å². The number of esters is 1. The molecule has 0 aliphatic rings. The first-order valence-electron chi connectivity index (χ1n) is 6.59. The van der Waals surface area contributed by atoms with Gasteiger partial charge in [-0.3, -0.25) is 4.79 Å². The van der Waals surface area contributed by atoms with Crippen LogP contribution >= 0.6 is 11.8 Å². The number of hydrogen-bond donors (Lipinski definition) is 0. The predicted octanol–water partition coefficient (Wildman–Crippen LogP) is 3.49. The van der Waals surface area contributed by atoms with Gasteiger partial charge in [-0.2, -0.15) is 5.26 Å². The van der Waals surface area contributed by atoms with Crippen molar-refractivity contribution >= 4 is 28.6 Å². The van der Waals surface area contributed by atoms with Gasteiger partial charge in [0.15, 0.2) is 0 Å². The fourth-order valence-corrected chi connectivity index (χ4v) is 2.71. The van der Waals surface area contributed by atoms with E-state index in [1.165, 1.54) is 24.4 Å². The molecule has 5 heteroatoms. The Labute approximate surface area is 128 Å². The zero-order valence-electron chi connectivity index (χ0n) is 12.2. The summed E-state index contributed by atoms with van der Waals surface area (Å²) in [6.45, 7) is 4.25. The van der Waals surface area contributed by atoms with Crippen molar-refractivity contribution in [3.05, 3.63) is 35.4 Å². The van der Waals surface area contributed by atoms with Crippen molar-refractivity contribution in [3.63, 3.8) is 0 Å². The van der Waals surface area contributed by atoms with E-state index in [-0.39, 0.29) is 11.7 Å². The highest BCUT2D eigenvalue weighted by molar-refractivity contribution is 7.99. The number of ether oxygens (including phenoxy) is 1. The normalized spacial score (nSPS) is 10.6. The summed E-state index contributed by atoms with van der Waals surface area (Å²) < 4.78 is 4.60. The van der Waals surface area contributed by atoms with Crippen LogP contribution in [-0.2, 0) is 9.53 Å². The molecule has 0 spiro atoms. The first kappa shape index (κ1) is 15.3. The molecule has 2 rings (SSSR count). The standard InChI is InChI=1S/C16H16N2O2S/c1-10(2)11-4-5-14-12(6-11)7-13(8-17)16(18-14)21-9-15(19)20-3/h4-7,10H,9H2,1-3H3. The van der Waals surface area contributed by atoms with Crippen LogP contribution in [0, 0.1) is 11.3 Å². The van der Waals surface area contributed by atoms with E-state index < -0.39 is 0 Å². The number of carbonyl (C=O) groups excluding carboxylic acids is 1. The van der Waals surface area contributed by atoms with Crippen molar-refractivity contribution in [3.8, 4) is 6.07 Å². The molecule has 0 bridgehead atoms. The van der Waals surface area contributed by atoms with Crippen LogP contribution in [0.5, 0.6) is 0 Å². The lowest BCUT2D eigenvalue weighted by Gasteiger charge is -2.09. The fourth-order valence-electron chi connectivity index (χ4n) is 1.91. The van der Waals surface area contributed by atoms with Crippen LogP contribution in [0.2, 0.25) is 0 Å². The Morgan fingerprint density at radius 3 is 2.81 bits per heavy atom. The number of benzene rings is 1. The van der Waals surface area contributed by atoms with Gasteiger partial charge in [-0.25, -0.2) is 4.98 Å². The van der Waals surface area contributed by atoms with E-state index in [2.05, 4.69) is 35.7 Å². The summed E-state index contributed by atoms with van der Waals surface area (Å²) in [6.07, 6.45) is 0. The second-order valence-corrected chi connectivity index (χ2v) is 5.89. The van der Waals surface area contributed by atoms with Gasteiger partial charge in [-0.05, 0) is 29.7 Å². The van der Waals surface area contributed by atoms with Crippen LogP contribution in [0.25, 0.3) is 10.9 Å². The smallest absolute Gasteiger partial charge is 0.316 e. The fraction of sp³-hybridized carbons (Fsp3) is 0.312. The lowest BCUT2D eigenvalue weighted by atomic mass is 10.0. The van der Waals surface area contributed by atoms with Crippen molar-refractivity contribution < 1.29 is 9.53 Å². The highest BCUT2D eigenvalue weighted by atomic mass is 32.2. The molecule has 4 nitrogen and oxygen atoms in total. The summed E-state index contributed by atoms with van der Waals surface area (Å²) in [5, 5.41) is 10.8. The van der Waals surface area contributed by atoms with Crippen molar-refractivity contribution in [1.82, 2.24) is 4.98 Å². The molecule has 1 heterocycles. The maximum atomic E-state index is 11.2. The predicted molar refractivity (Wildman–Crippen MR) is 83.3 cm³/mol. The maximum absolute atomic E-state index is 11.2. The van der Waals surface area contributed by atoms with Crippen molar-refractivity contribution in [1.29, 1.82) is 5.26 Å². The zero-order chi connectivity index (χ0) is 15.4. The van der Waals surface area contributed by atoms with Gasteiger partial charge in [-0.1, -0.05) is 31.7 Å². The SMILES string of the molecule is COC(=O)CSc1nc2ccc(C(C)C)cc2cc1C#N. The molecule has 0 saturated heterocycles. The van der Waals surface area contributed by atoms with Gasteiger partial charge in [0.2, 0.25) is 0 Å². The molecule has 0 aliphatic heterocycles. The Morgan fingerprint density at radius 2 is 2.19 bits per heavy atom. The molecule has 0 aliphatic carbocycles. The van der Waals surface area contributed by atoms with E-state index in [0.717, 1.165) is 10.9 Å². The average molecular weight is 300 g/mol. The third-order valence-corrected chi connectivity index (χ3v) is 4.11. The summed E-state index contributed by atoms with van der Waals surface area (Å²) in [4.78, 5) is 15.7. The topological polar surface area (TPSA) is 63.0 Å². The molecule has 21 heavy (non-hydrogen) atoms. The lowest BCUT2D eigenvalue weighted by Crippen LogP contribution is -2.04. The molecule has 108 valence electrons. The molecule has 0 N–H and O–H groups in total.